The van der Waals surface area contributed by atoms with Crippen molar-refractivity contribution < 1.29 is 14.3 Å². The van der Waals surface area contributed by atoms with Crippen LogP contribution in [0.5, 0.6) is 0 Å². The van der Waals surface area contributed by atoms with E-state index in [-0.39, 0.29) is 12.0 Å². The molecule has 2 N–H and O–H groups in total. The Labute approximate surface area is 115 Å². The fourth-order valence-electron chi connectivity index (χ4n) is 1.93. The number of rotatable bonds is 4. The monoisotopic (exact) mass is 280 g/mol. The molecule has 1 aliphatic rings. The van der Waals surface area contributed by atoms with Crippen molar-refractivity contribution in [2.45, 2.75) is 26.3 Å². The van der Waals surface area contributed by atoms with E-state index in [1.165, 1.54) is 11.3 Å². The van der Waals surface area contributed by atoms with Gasteiger partial charge in [-0.25, -0.2) is 9.59 Å². The van der Waals surface area contributed by atoms with E-state index >= 15 is 0 Å². The summed E-state index contributed by atoms with van der Waals surface area (Å²) in [5, 5.41) is 9.19. The third kappa shape index (κ3) is 2.96. The Morgan fingerprint density at radius 1 is 1.53 bits per heavy atom. The van der Waals surface area contributed by atoms with Crippen molar-refractivity contribution in [1.82, 2.24) is 10.6 Å². The van der Waals surface area contributed by atoms with Gasteiger partial charge in [0.1, 0.15) is 0 Å². The maximum Gasteiger partial charge on any atom is 0.338 e. The van der Waals surface area contributed by atoms with E-state index in [9.17, 15) is 9.59 Å². The van der Waals surface area contributed by atoms with Gasteiger partial charge in [0.2, 0.25) is 0 Å². The number of carbonyl (C=O) groups excluding carboxylic acids is 2. The standard InChI is InChI=1S/C13H16N2O3S/c1-3-5-18-12(16)10-8(2)14-13(17)15-11(10)9-4-6-19-7-9/h4,6-7,11H,3,5H2,1-2H3,(H2,14,15,17). The molecule has 19 heavy (non-hydrogen) atoms. The summed E-state index contributed by atoms with van der Waals surface area (Å²) in [4.78, 5) is 23.7. The normalized spacial score (nSPS) is 18.8. The molecule has 1 unspecified atom stereocenters. The maximum atomic E-state index is 12.1. The number of urea groups is 1. The largest absolute Gasteiger partial charge is 0.462 e. The molecule has 2 rings (SSSR count). The van der Waals surface area contributed by atoms with Crippen LogP contribution >= 0.6 is 11.3 Å². The van der Waals surface area contributed by atoms with E-state index in [4.69, 9.17) is 4.74 Å². The molecular formula is C13H16N2O3S. The number of allylic oxidation sites excluding steroid dienone is 1. The molecule has 1 atom stereocenters. The molecule has 0 radical (unpaired) electrons. The quantitative estimate of drug-likeness (QED) is 0.832. The Hall–Kier alpha value is -1.82. The highest BCUT2D eigenvalue weighted by molar-refractivity contribution is 7.08. The summed E-state index contributed by atoms with van der Waals surface area (Å²) in [5.74, 6) is -0.386. The lowest BCUT2D eigenvalue weighted by molar-refractivity contribution is -0.139. The van der Waals surface area contributed by atoms with E-state index in [2.05, 4.69) is 10.6 Å². The van der Waals surface area contributed by atoms with Crippen LogP contribution in [-0.2, 0) is 9.53 Å². The van der Waals surface area contributed by atoms with E-state index in [1.807, 2.05) is 23.8 Å². The summed E-state index contributed by atoms with van der Waals surface area (Å²) in [5.41, 5.74) is 1.90. The summed E-state index contributed by atoms with van der Waals surface area (Å²) in [6, 6.07) is 1.14. The van der Waals surface area contributed by atoms with Gasteiger partial charge in [-0.15, -0.1) is 0 Å². The summed E-state index contributed by atoms with van der Waals surface area (Å²) in [7, 11) is 0. The minimum atomic E-state index is -0.440. The Kier molecular flexibility index (Phi) is 4.21. The topological polar surface area (TPSA) is 67.4 Å². The molecule has 0 fully saturated rings. The van der Waals surface area contributed by atoms with Gasteiger partial charge in [0.15, 0.2) is 0 Å². The molecule has 102 valence electrons. The first-order chi connectivity index (χ1) is 9.13. The lowest BCUT2D eigenvalue weighted by Gasteiger charge is -2.27. The second-order valence-electron chi connectivity index (χ2n) is 4.26. The third-order valence-corrected chi connectivity index (χ3v) is 3.50. The number of thiophene rings is 1. The molecule has 1 aromatic rings. The van der Waals surface area contributed by atoms with Crippen molar-refractivity contribution in [2.24, 2.45) is 0 Å². The highest BCUT2D eigenvalue weighted by Crippen LogP contribution is 2.28. The SMILES string of the molecule is CCCOC(=O)C1=C(C)NC(=O)NC1c1ccsc1. The zero-order valence-corrected chi connectivity index (χ0v) is 11.7. The summed E-state index contributed by atoms with van der Waals surface area (Å²) in [6.45, 7) is 4.02. The van der Waals surface area contributed by atoms with E-state index in [1.54, 1.807) is 6.92 Å². The van der Waals surface area contributed by atoms with Crippen LogP contribution in [-0.4, -0.2) is 18.6 Å². The number of carbonyl (C=O) groups is 2. The van der Waals surface area contributed by atoms with Crippen LogP contribution in [0.1, 0.15) is 31.9 Å². The molecule has 0 aliphatic carbocycles. The van der Waals surface area contributed by atoms with Crippen LogP contribution in [0.2, 0.25) is 0 Å². The molecular weight excluding hydrogens is 264 g/mol. The lowest BCUT2D eigenvalue weighted by Crippen LogP contribution is -2.45. The Morgan fingerprint density at radius 2 is 2.32 bits per heavy atom. The molecule has 0 bridgehead atoms. The molecule has 0 saturated carbocycles. The van der Waals surface area contributed by atoms with E-state index in [0.29, 0.717) is 17.9 Å². The molecule has 2 amide bonds. The molecule has 6 heteroatoms. The van der Waals surface area contributed by atoms with Crippen molar-refractivity contribution in [3.8, 4) is 0 Å². The number of nitrogens with one attached hydrogen (secondary N) is 2. The predicted molar refractivity (Wildman–Crippen MR) is 72.7 cm³/mol. The third-order valence-electron chi connectivity index (χ3n) is 2.80. The second-order valence-corrected chi connectivity index (χ2v) is 5.04. The van der Waals surface area contributed by atoms with Crippen molar-refractivity contribution in [3.05, 3.63) is 33.7 Å². The van der Waals surface area contributed by atoms with Crippen molar-refractivity contribution in [3.63, 3.8) is 0 Å². The first-order valence-electron chi connectivity index (χ1n) is 6.11. The Morgan fingerprint density at radius 3 is 2.95 bits per heavy atom. The summed E-state index contributed by atoms with van der Waals surface area (Å²) < 4.78 is 5.18. The molecule has 5 nitrogen and oxygen atoms in total. The lowest BCUT2D eigenvalue weighted by atomic mass is 9.98. The van der Waals surface area contributed by atoms with Crippen molar-refractivity contribution >= 4 is 23.3 Å². The van der Waals surface area contributed by atoms with Gasteiger partial charge < -0.3 is 15.4 Å². The van der Waals surface area contributed by atoms with Gasteiger partial charge in [0.05, 0.1) is 18.2 Å². The highest BCUT2D eigenvalue weighted by atomic mass is 32.1. The number of hydrogen-bond donors (Lipinski definition) is 2. The maximum absolute atomic E-state index is 12.1. The van der Waals surface area contributed by atoms with Gasteiger partial charge >= 0.3 is 12.0 Å². The van der Waals surface area contributed by atoms with Gasteiger partial charge in [-0.2, -0.15) is 11.3 Å². The average molecular weight is 280 g/mol. The van der Waals surface area contributed by atoms with Crippen LogP contribution in [0.4, 0.5) is 4.79 Å². The van der Waals surface area contributed by atoms with Crippen LogP contribution in [0.3, 0.4) is 0 Å². The van der Waals surface area contributed by atoms with E-state index < -0.39 is 6.04 Å². The molecule has 0 saturated heterocycles. The number of ether oxygens (including phenoxy) is 1. The van der Waals surface area contributed by atoms with Gasteiger partial charge in [-0.05, 0) is 35.7 Å². The zero-order valence-electron chi connectivity index (χ0n) is 10.9. The first kappa shape index (κ1) is 13.6. The van der Waals surface area contributed by atoms with E-state index in [0.717, 1.165) is 12.0 Å². The highest BCUT2D eigenvalue weighted by Gasteiger charge is 2.32. The zero-order chi connectivity index (χ0) is 13.8. The van der Waals surface area contributed by atoms with Crippen LogP contribution in [0.25, 0.3) is 0 Å². The average Bonchev–Trinajstić information content (AvgIpc) is 2.88. The Bertz CT molecular complexity index is 508. The second kappa shape index (κ2) is 5.88. The fraction of sp³-hybridized carbons (Fsp3) is 0.385. The molecule has 0 aromatic carbocycles. The minimum Gasteiger partial charge on any atom is -0.462 e. The number of esters is 1. The van der Waals surface area contributed by atoms with Crippen LogP contribution in [0.15, 0.2) is 28.1 Å². The smallest absolute Gasteiger partial charge is 0.338 e. The first-order valence-corrected chi connectivity index (χ1v) is 7.05. The molecule has 1 aliphatic heterocycles. The van der Waals surface area contributed by atoms with Crippen molar-refractivity contribution in [1.29, 1.82) is 0 Å². The number of amides is 2. The summed E-state index contributed by atoms with van der Waals surface area (Å²) in [6.07, 6.45) is 0.765. The predicted octanol–water partition coefficient (Wildman–Crippen LogP) is 2.33. The minimum absolute atomic E-state index is 0.305. The van der Waals surface area contributed by atoms with Gasteiger partial charge in [0, 0.05) is 5.70 Å². The van der Waals surface area contributed by atoms with Crippen LogP contribution < -0.4 is 10.6 Å². The number of hydrogen-bond acceptors (Lipinski definition) is 4. The van der Waals surface area contributed by atoms with Gasteiger partial charge in [-0.3, -0.25) is 0 Å². The molecule has 2 heterocycles. The fourth-order valence-corrected chi connectivity index (χ4v) is 2.61. The van der Waals surface area contributed by atoms with Gasteiger partial charge in [-0.1, -0.05) is 6.92 Å². The van der Waals surface area contributed by atoms with Crippen molar-refractivity contribution in [2.75, 3.05) is 6.61 Å². The molecule has 0 spiro atoms. The Balaban J connectivity index is 2.31. The summed E-state index contributed by atoms with van der Waals surface area (Å²) >= 11 is 1.52. The van der Waals surface area contributed by atoms with Gasteiger partial charge in [0.25, 0.3) is 0 Å². The van der Waals surface area contributed by atoms with Crippen LogP contribution in [0, 0.1) is 0 Å². The molecule has 1 aromatic heterocycles.